The molecule has 2 aromatic carbocycles. The fourth-order valence-electron chi connectivity index (χ4n) is 5.67. The maximum absolute atomic E-state index is 13.0. The molecular formula is C29H35N5O5S. The van der Waals surface area contributed by atoms with Crippen LogP contribution in [0, 0.1) is 0 Å². The fourth-order valence-corrected chi connectivity index (χ4v) is 6.67. The molecule has 40 heavy (non-hydrogen) atoms. The number of rotatable bonds is 9. The van der Waals surface area contributed by atoms with E-state index in [9.17, 15) is 14.4 Å². The number of hydrogen-bond donors (Lipinski definition) is 2. The molecule has 6 rings (SSSR count). The van der Waals surface area contributed by atoms with Crippen molar-refractivity contribution in [1.29, 1.82) is 0 Å². The lowest BCUT2D eigenvalue weighted by Gasteiger charge is -2.38. The zero-order valence-electron chi connectivity index (χ0n) is 22.4. The van der Waals surface area contributed by atoms with Crippen molar-refractivity contribution in [3.05, 3.63) is 53.6 Å². The molecule has 1 atom stereocenters. The SMILES string of the molecule is NC1CCN(Sc2cccc(OC3CN(CCOc4cccc5c4CN(C4CCC(=O)NC4=O)C5=O)C3)c2)CC1. The number of ether oxygens (including phenoxy) is 2. The third-order valence-electron chi connectivity index (χ3n) is 7.97. The summed E-state index contributed by atoms with van der Waals surface area (Å²) in [7, 11) is 0. The summed E-state index contributed by atoms with van der Waals surface area (Å²) in [5.41, 5.74) is 7.38. The lowest BCUT2D eigenvalue weighted by atomic mass is 10.0. The van der Waals surface area contributed by atoms with Gasteiger partial charge in [-0.1, -0.05) is 12.1 Å². The van der Waals surface area contributed by atoms with Crippen LogP contribution >= 0.6 is 11.9 Å². The zero-order chi connectivity index (χ0) is 27.6. The molecular weight excluding hydrogens is 530 g/mol. The molecule has 3 N–H and O–H groups in total. The van der Waals surface area contributed by atoms with Crippen molar-refractivity contribution in [2.45, 2.75) is 55.3 Å². The van der Waals surface area contributed by atoms with Gasteiger partial charge >= 0.3 is 0 Å². The summed E-state index contributed by atoms with van der Waals surface area (Å²) in [6.45, 7) is 5.23. The lowest BCUT2D eigenvalue weighted by molar-refractivity contribution is -0.136. The number of amides is 3. The van der Waals surface area contributed by atoms with E-state index in [1.807, 2.05) is 18.2 Å². The number of nitrogens with two attached hydrogens (primary N) is 1. The molecule has 212 valence electrons. The van der Waals surface area contributed by atoms with Crippen molar-refractivity contribution in [3.8, 4) is 11.5 Å². The standard InChI is InChI=1S/C29H35N5O5S/c30-19-9-11-33(12-10-19)40-22-4-1-3-20(15-22)39-21-16-32(17-21)13-14-38-26-6-2-5-23-24(26)18-34(29(23)37)25-7-8-27(35)31-28(25)36/h1-6,15,19,21,25H,7-14,16-18,30H2,(H,31,35,36). The minimum Gasteiger partial charge on any atom is -0.492 e. The summed E-state index contributed by atoms with van der Waals surface area (Å²) in [6, 6.07) is 13.4. The Morgan fingerprint density at radius 1 is 1.02 bits per heavy atom. The number of imide groups is 1. The summed E-state index contributed by atoms with van der Waals surface area (Å²) < 4.78 is 14.7. The molecule has 3 saturated heterocycles. The molecule has 3 fully saturated rings. The smallest absolute Gasteiger partial charge is 0.255 e. The van der Waals surface area contributed by atoms with E-state index in [1.54, 1.807) is 29.0 Å². The minimum absolute atomic E-state index is 0.147. The van der Waals surface area contributed by atoms with E-state index in [0.29, 0.717) is 36.9 Å². The molecule has 2 aromatic rings. The zero-order valence-corrected chi connectivity index (χ0v) is 23.2. The Morgan fingerprint density at radius 3 is 2.62 bits per heavy atom. The van der Waals surface area contributed by atoms with Crippen molar-refractivity contribution in [3.63, 3.8) is 0 Å². The van der Waals surface area contributed by atoms with Crippen LogP contribution in [-0.2, 0) is 16.1 Å². The van der Waals surface area contributed by atoms with Crippen LogP contribution < -0.4 is 20.5 Å². The number of likely N-dealkylation sites (tertiary alicyclic amines) is 1. The maximum atomic E-state index is 13.0. The molecule has 0 bridgehead atoms. The minimum atomic E-state index is -0.633. The third kappa shape index (κ3) is 5.97. The van der Waals surface area contributed by atoms with E-state index >= 15 is 0 Å². The molecule has 4 heterocycles. The van der Waals surface area contributed by atoms with Crippen molar-refractivity contribution >= 4 is 29.7 Å². The van der Waals surface area contributed by atoms with Crippen LogP contribution in [0.4, 0.5) is 0 Å². The average Bonchev–Trinajstić information content (AvgIpc) is 3.25. The van der Waals surface area contributed by atoms with Crippen LogP contribution in [0.3, 0.4) is 0 Å². The largest absolute Gasteiger partial charge is 0.492 e. The second kappa shape index (κ2) is 11.8. The second-order valence-corrected chi connectivity index (χ2v) is 12.0. The van der Waals surface area contributed by atoms with Crippen molar-refractivity contribution in [2.75, 3.05) is 39.3 Å². The highest BCUT2D eigenvalue weighted by molar-refractivity contribution is 7.97. The highest BCUT2D eigenvalue weighted by atomic mass is 32.2. The van der Waals surface area contributed by atoms with Crippen molar-refractivity contribution < 1.29 is 23.9 Å². The molecule has 1 unspecified atom stereocenters. The Balaban J connectivity index is 0.954. The lowest BCUT2D eigenvalue weighted by Crippen LogP contribution is -2.54. The first-order valence-electron chi connectivity index (χ1n) is 14.0. The van der Waals surface area contributed by atoms with Gasteiger partial charge in [0, 0.05) is 61.2 Å². The molecule has 0 saturated carbocycles. The van der Waals surface area contributed by atoms with E-state index in [1.165, 1.54) is 4.90 Å². The van der Waals surface area contributed by atoms with Crippen LogP contribution in [0.1, 0.15) is 41.6 Å². The number of hydrogen-bond acceptors (Lipinski definition) is 9. The Kier molecular flexibility index (Phi) is 7.97. The number of benzene rings is 2. The first-order chi connectivity index (χ1) is 19.4. The topological polar surface area (TPSA) is 117 Å². The average molecular weight is 566 g/mol. The van der Waals surface area contributed by atoms with Gasteiger partial charge in [0.25, 0.3) is 5.91 Å². The quantitative estimate of drug-likeness (QED) is 0.348. The molecule has 0 aromatic heterocycles. The summed E-state index contributed by atoms with van der Waals surface area (Å²) in [6.07, 6.45) is 2.80. The molecule has 10 nitrogen and oxygen atoms in total. The van der Waals surface area contributed by atoms with E-state index in [-0.39, 0.29) is 24.3 Å². The van der Waals surface area contributed by atoms with E-state index in [2.05, 4.69) is 26.7 Å². The highest BCUT2D eigenvalue weighted by Crippen LogP contribution is 2.34. The van der Waals surface area contributed by atoms with Crippen LogP contribution in [0.5, 0.6) is 11.5 Å². The van der Waals surface area contributed by atoms with Gasteiger partial charge in [-0.2, -0.15) is 0 Å². The van der Waals surface area contributed by atoms with Crippen LogP contribution in [0.15, 0.2) is 47.4 Å². The van der Waals surface area contributed by atoms with Crippen molar-refractivity contribution in [1.82, 2.24) is 19.4 Å². The van der Waals surface area contributed by atoms with Gasteiger partial charge in [-0.15, -0.1) is 0 Å². The Bertz CT molecular complexity index is 1280. The molecule has 0 aliphatic carbocycles. The van der Waals surface area contributed by atoms with Crippen LogP contribution in [0.25, 0.3) is 0 Å². The van der Waals surface area contributed by atoms with E-state index in [4.69, 9.17) is 15.2 Å². The predicted octanol–water partition coefficient (Wildman–Crippen LogP) is 2.02. The van der Waals surface area contributed by atoms with Crippen LogP contribution in [-0.4, -0.2) is 89.3 Å². The molecule has 0 spiro atoms. The summed E-state index contributed by atoms with van der Waals surface area (Å²) in [4.78, 5) is 41.9. The van der Waals surface area contributed by atoms with E-state index in [0.717, 1.165) is 56.9 Å². The number of carbonyl (C=O) groups excluding carboxylic acids is 3. The van der Waals surface area contributed by atoms with Gasteiger partial charge in [0.15, 0.2) is 0 Å². The van der Waals surface area contributed by atoms with Gasteiger partial charge in [0.2, 0.25) is 11.8 Å². The van der Waals surface area contributed by atoms with Gasteiger partial charge in [-0.25, -0.2) is 4.31 Å². The Hall–Kier alpha value is -3.12. The van der Waals surface area contributed by atoms with Gasteiger partial charge in [-0.05, 0) is 61.5 Å². The number of carbonyl (C=O) groups is 3. The van der Waals surface area contributed by atoms with Gasteiger partial charge in [0.05, 0.1) is 6.54 Å². The normalized spacial score (nSPS) is 22.7. The summed E-state index contributed by atoms with van der Waals surface area (Å²) in [5.74, 6) is 0.662. The predicted molar refractivity (Wildman–Crippen MR) is 150 cm³/mol. The number of fused-ring (bicyclic) bond motifs is 1. The fraction of sp³-hybridized carbons (Fsp3) is 0.483. The molecule has 4 aliphatic rings. The summed E-state index contributed by atoms with van der Waals surface area (Å²) >= 11 is 1.77. The van der Waals surface area contributed by atoms with Crippen molar-refractivity contribution in [2.24, 2.45) is 5.73 Å². The maximum Gasteiger partial charge on any atom is 0.255 e. The first kappa shape index (κ1) is 27.1. The molecule has 4 aliphatic heterocycles. The molecule has 0 radical (unpaired) electrons. The second-order valence-electron chi connectivity index (χ2n) is 10.9. The number of nitrogens with zero attached hydrogens (tertiary/aromatic N) is 3. The Labute approximate surface area is 238 Å². The van der Waals surface area contributed by atoms with Gasteiger partial charge < -0.3 is 20.1 Å². The van der Waals surface area contributed by atoms with Gasteiger partial charge in [-0.3, -0.25) is 24.6 Å². The van der Waals surface area contributed by atoms with Gasteiger partial charge in [0.1, 0.15) is 30.3 Å². The number of nitrogens with one attached hydrogen (secondary N) is 1. The van der Waals surface area contributed by atoms with E-state index < -0.39 is 11.9 Å². The van der Waals surface area contributed by atoms with Crippen LogP contribution in [0.2, 0.25) is 0 Å². The third-order valence-corrected chi connectivity index (χ3v) is 9.06. The first-order valence-corrected chi connectivity index (χ1v) is 14.8. The monoisotopic (exact) mass is 565 g/mol. The Morgan fingerprint density at radius 2 is 1.82 bits per heavy atom. The molecule has 11 heteroatoms. The molecule has 3 amide bonds. The summed E-state index contributed by atoms with van der Waals surface area (Å²) in [5, 5.41) is 2.34. The highest BCUT2D eigenvalue weighted by Gasteiger charge is 2.40. The number of piperidine rings is 2.